The number of nitrogens with zero attached hydrogens (tertiary/aromatic N) is 4. The van der Waals surface area contributed by atoms with Crippen LogP contribution in [-0.4, -0.2) is 29.3 Å². The third-order valence-corrected chi connectivity index (χ3v) is 6.19. The van der Waals surface area contributed by atoms with Crippen molar-refractivity contribution in [1.82, 2.24) is 4.98 Å². The zero-order valence-electron chi connectivity index (χ0n) is 18.0. The number of carbonyl (C=O) groups excluding carboxylic acids is 1. The summed E-state index contributed by atoms with van der Waals surface area (Å²) < 4.78 is 5.57. The summed E-state index contributed by atoms with van der Waals surface area (Å²) in [7, 11) is 0. The number of rotatable bonds is 6. The van der Waals surface area contributed by atoms with Gasteiger partial charge in [-0.25, -0.2) is 4.98 Å². The summed E-state index contributed by atoms with van der Waals surface area (Å²) in [5.74, 6) is 0.253. The van der Waals surface area contributed by atoms with Crippen LogP contribution in [0, 0.1) is 24.2 Å². The van der Waals surface area contributed by atoms with E-state index < -0.39 is 5.91 Å². The lowest BCUT2D eigenvalue weighted by atomic mass is 9.92. The minimum absolute atomic E-state index is 0.248. The molecule has 0 bridgehead atoms. The number of ether oxygens (including phenoxy) is 1. The Bertz CT molecular complexity index is 1070. The smallest absolute Gasteiger partial charge is 0.254 e. The lowest BCUT2D eigenvalue weighted by Gasteiger charge is -2.28. The number of carbonyl (C=O) groups is 1. The van der Waals surface area contributed by atoms with Crippen LogP contribution in [0.15, 0.2) is 35.4 Å². The molecule has 1 aromatic heterocycles. The topological polar surface area (TPSA) is 105 Å². The number of aryl methyl sites for hydroxylation is 1. The van der Waals surface area contributed by atoms with Gasteiger partial charge in [-0.15, -0.1) is 0 Å². The maximum Gasteiger partial charge on any atom is 0.254 e. The van der Waals surface area contributed by atoms with E-state index in [1.807, 2.05) is 32.0 Å². The molecule has 0 spiro atoms. The minimum Gasteiger partial charge on any atom is -0.477 e. The van der Waals surface area contributed by atoms with Crippen molar-refractivity contribution in [1.29, 1.82) is 5.26 Å². The quantitative estimate of drug-likeness (QED) is 0.767. The van der Waals surface area contributed by atoms with Gasteiger partial charge in [0.1, 0.15) is 5.56 Å². The average molecular weight is 418 g/mol. The van der Waals surface area contributed by atoms with E-state index in [9.17, 15) is 10.1 Å². The molecule has 2 N–H and O–H groups in total. The highest BCUT2D eigenvalue weighted by molar-refractivity contribution is 6.03. The van der Waals surface area contributed by atoms with E-state index in [0.717, 1.165) is 23.4 Å². The summed E-state index contributed by atoms with van der Waals surface area (Å²) >= 11 is 0. The van der Waals surface area contributed by atoms with Gasteiger partial charge in [-0.3, -0.25) is 9.80 Å². The first-order chi connectivity index (χ1) is 15.0. The van der Waals surface area contributed by atoms with Crippen LogP contribution in [0.3, 0.4) is 0 Å². The molecule has 1 saturated carbocycles. The molecule has 160 valence electrons. The lowest BCUT2D eigenvalue weighted by Crippen LogP contribution is -2.32. The van der Waals surface area contributed by atoms with Crippen LogP contribution in [0.25, 0.3) is 0 Å². The number of nitrogens with two attached hydrogens (primary N) is 1. The highest BCUT2D eigenvalue weighted by Gasteiger charge is 2.36. The number of pyridine rings is 1. The summed E-state index contributed by atoms with van der Waals surface area (Å²) in [6.07, 6.45) is 5.65. The number of primary amides is 1. The van der Waals surface area contributed by atoms with E-state index in [1.165, 1.54) is 25.7 Å². The normalized spacial score (nSPS) is 18.7. The zero-order chi connectivity index (χ0) is 22.0. The Morgan fingerprint density at radius 1 is 1.29 bits per heavy atom. The summed E-state index contributed by atoms with van der Waals surface area (Å²) in [5, 5.41) is 16.3. The summed E-state index contributed by atoms with van der Waals surface area (Å²) in [5.41, 5.74) is 9.92. The molecule has 1 aliphatic carbocycles. The van der Waals surface area contributed by atoms with Gasteiger partial charge in [-0.2, -0.15) is 10.4 Å². The predicted molar refractivity (Wildman–Crippen MR) is 119 cm³/mol. The first-order valence-electron chi connectivity index (χ1n) is 10.8. The molecule has 0 saturated heterocycles. The Labute approximate surface area is 182 Å². The number of nitriles is 1. The van der Waals surface area contributed by atoms with E-state index in [2.05, 4.69) is 16.1 Å². The maximum absolute atomic E-state index is 11.7. The van der Waals surface area contributed by atoms with Crippen LogP contribution in [0.4, 0.5) is 5.69 Å². The monoisotopic (exact) mass is 417 g/mol. The first kappa shape index (κ1) is 20.9. The molecule has 1 aromatic carbocycles. The Morgan fingerprint density at radius 2 is 2.06 bits per heavy atom. The number of hydrogen-bond acceptors (Lipinski definition) is 6. The van der Waals surface area contributed by atoms with Crippen LogP contribution >= 0.6 is 0 Å². The standard InChI is InChI=1S/C24H27N5O2/c1-3-31-24-19(23(26)30)10-11-20(27-24)21-13-22(16-6-4-5-7-16)29(28-21)18-9-8-17(14-25)15(2)12-18/h8-12,16,22H,3-7,13H2,1-2H3,(H2,26,30)/t22-/m1/s1. The van der Waals surface area contributed by atoms with Gasteiger partial charge in [0, 0.05) is 6.42 Å². The number of aromatic nitrogens is 1. The third kappa shape index (κ3) is 4.11. The van der Waals surface area contributed by atoms with E-state index in [1.54, 1.807) is 12.1 Å². The SMILES string of the molecule is CCOc1nc(C2=NN(c3ccc(C#N)c(C)c3)[C@@H](C3CCCC3)C2)ccc1C(N)=O. The molecule has 1 aliphatic heterocycles. The second kappa shape index (κ2) is 8.76. The van der Waals surface area contributed by atoms with Gasteiger partial charge in [-0.1, -0.05) is 12.8 Å². The van der Waals surface area contributed by atoms with Gasteiger partial charge in [0.15, 0.2) is 0 Å². The van der Waals surface area contributed by atoms with Crippen LogP contribution in [0.1, 0.15) is 66.2 Å². The number of hydrogen-bond donors (Lipinski definition) is 1. The van der Waals surface area contributed by atoms with Crippen molar-refractivity contribution in [2.75, 3.05) is 11.6 Å². The van der Waals surface area contributed by atoms with Crippen molar-refractivity contribution in [2.45, 2.75) is 52.0 Å². The van der Waals surface area contributed by atoms with Gasteiger partial charge in [0.05, 0.1) is 41.4 Å². The summed E-state index contributed by atoms with van der Waals surface area (Å²) in [4.78, 5) is 16.3. The van der Waals surface area contributed by atoms with Crippen LogP contribution in [-0.2, 0) is 0 Å². The molecule has 7 heteroatoms. The molecule has 0 radical (unpaired) electrons. The van der Waals surface area contributed by atoms with Gasteiger partial charge in [0.2, 0.25) is 5.88 Å². The van der Waals surface area contributed by atoms with Crippen LogP contribution in [0.5, 0.6) is 5.88 Å². The number of benzene rings is 1. The third-order valence-electron chi connectivity index (χ3n) is 6.19. The van der Waals surface area contributed by atoms with Gasteiger partial charge < -0.3 is 10.5 Å². The van der Waals surface area contributed by atoms with Crippen molar-refractivity contribution in [3.63, 3.8) is 0 Å². The zero-order valence-corrected chi connectivity index (χ0v) is 18.0. The van der Waals surface area contributed by atoms with Gasteiger partial charge in [-0.05, 0) is 68.5 Å². The van der Waals surface area contributed by atoms with E-state index in [-0.39, 0.29) is 17.5 Å². The Balaban J connectivity index is 1.72. The largest absolute Gasteiger partial charge is 0.477 e. The minimum atomic E-state index is -0.561. The number of amides is 1. The Morgan fingerprint density at radius 3 is 2.71 bits per heavy atom. The lowest BCUT2D eigenvalue weighted by molar-refractivity contribution is 0.0996. The van der Waals surface area contributed by atoms with Gasteiger partial charge in [0.25, 0.3) is 5.91 Å². The molecule has 1 atom stereocenters. The fraction of sp³-hybridized carbons (Fsp3) is 0.417. The number of anilines is 1. The molecule has 1 fully saturated rings. The molecular formula is C24H27N5O2. The Hall–Kier alpha value is -3.40. The first-order valence-corrected chi connectivity index (χ1v) is 10.8. The van der Waals surface area contributed by atoms with Gasteiger partial charge >= 0.3 is 0 Å². The fourth-order valence-electron chi connectivity index (χ4n) is 4.59. The van der Waals surface area contributed by atoms with Crippen LogP contribution in [0.2, 0.25) is 0 Å². The fourth-order valence-corrected chi connectivity index (χ4v) is 4.59. The average Bonchev–Trinajstić information content (AvgIpc) is 3.43. The van der Waals surface area contributed by atoms with E-state index in [0.29, 0.717) is 23.8 Å². The van der Waals surface area contributed by atoms with E-state index >= 15 is 0 Å². The highest BCUT2D eigenvalue weighted by Crippen LogP contribution is 2.38. The van der Waals surface area contributed by atoms with Crippen molar-refractivity contribution in [3.05, 3.63) is 52.7 Å². The molecule has 4 rings (SSSR count). The van der Waals surface area contributed by atoms with Crippen molar-refractivity contribution in [3.8, 4) is 11.9 Å². The summed E-state index contributed by atoms with van der Waals surface area (Å²) in [6, 6.07) is 11.8. The predicted octanol–water partition coefficient (Wildman–Crippen LogP) is 3.93. The van der Waals surface area contributed by atoms with Crippen molar-refractivity contribution >= 4 is 17.3 Å². The Kier molecular flexibility index (Phi) is 5.90. The molecule has 0 unspecified atom stereocenters. The maximum atomic E-state index is 11.7. The highest BCUT2D eigenvalue weighted by atomic mass is 16.5. The second-order valence-corrected chi connectivity index (χ2v) is 8.16. The molecular weight excluding hydrogens is 390 g/mol. The molecule has 1 amide bonds. The van der Waals surface area contributed by atoms with E-state index in [4.69, 9.17) is 15.6 Å². The molecule has 2 aliphatic rings. The van der Waals surface area contributed by atoms with Crippen molar-refractivity contribution < 1.29 is 9.53 Å². The summed E-state index contributed by atoms with van der Waals surface area (Å²) in [6.45, 7) is 4.19. The molecule has 31 heavy (non-hydrogen) atoms. The van der Waals surface area contributed by atoms with Crippen LogP contribution < -0.4 is 15.5 Å². The number of hydrazone groups is 1. The van der Waals surface area contributed by atoms with Crippen molar-refractivity contribution in [2.24, 2.45) is 16.8 Å². The molecule has 7 nitrogen and oxygen atoms in total. The second-order valence-electron chi connectivity index (χ2n) is 8.16. The molecule has 2 heterocycles. The molecule has 2 aromatic rings.